The Morgan fingerprint density at radius 2 is 1.84 bits per heavy atom. The summed E-state index contributed by atoms with van der Waals surface area (Å²) in [5, 5.41) is 13.6. The molecule has 0 saturated carbocycles. The average molecular weight is 431 g/mol. The fourth-order valence-electron chi connectivity index (χ4n) is 3.23. The molecule has 10 nitrogen and oxygen atoms in total. The highest BCUT2D eigenvalue weighted by Gasteiger charge is 2.34. The van der Waals surface area contributed by atoms with Gasteiger partial charge in [0.2, 0.25) is 5.89 Å². The van der Waals surface area contributed by atoms with Crippen molar-refractivity contribution in [1.82, 2.24) is 20.8 Å². The zero-order valence-corrected chi connectivity index (χ0v) is 18.3. The Kier molecular flexibility index (Phi) is 6.98. The fourth-order valence-corrected chi connectivity index (χ4v) is 3.23. The molecule has 2 aromatic rings. The van der Waals surface area contributed by atoms with Gasteiger partial charge >= 0.3 is 18.2 Å². The summed E-state index contributed by atoms with van der Waals surface area (Å²) in [6, 6.07) is 9.00. The summed E-state index contributed by atoms with van der Waals surface area (Å²) in [5.41, 5.74) is 0.252. The molecule has 1 aromatic carbocycles. The van der Waals surface area contributed by atoms with Crippen molar-refractivity contribution in [2.75, 3.05) is 18.0 Å². The van der Waals surface area contributed by atoms with Crippen molar-refractivity contribution >= 4 is 18.2 Å². The lowest BCUT2D eigenvalue weighted by molar-refractivity contribution is 0.0484. The van der Waals surface area contributed by atoms with Crippen molar-refractivity contribution in [3.05, 3.63) is 41.8 Å². The first-order valence-electron chi connectivity index (χ1n) is 10.2. The number of anilines is 1. The minimum Gasteiger partial charge on any atom is -0.445 e. The highest BCUT2D eigenvalue weighted by Crippen LogP contribution is 2.20. The van der Waals surface area contributed by atoms with Crippen LogP contribution in [-0.2, 0) is 16.1 Å². The zero-order valence-electron chi connectivity index (χ0n) is 18.3. The third-order valence-corrected chi connectivity index (χ3v) is 4.62. The zero-order chi connectivity index (χ0) is 22.4. The lowest BCUT2D eigenvalue weighted by atomic mass is 10.00. The Morgan fingerprint density at radius 1 is 1.13 bits per heavy atom. The summed E-state index contributed by atoms with van der Waals surface area (Å²) in [5.74, 6) is 0.455. The van der Waals surface area contributed by atoms with E-state index in [1.54, 1.807) is 27.7 Å². The molecule has 0 spiro atoms. The van der Waals surface area contributed by atoms with Crippen molar-refractivity contribution in [3.63, 3.8) is 0 Å². The molecule has 168 valence electrons. The number of rotatable bonds is 5. The van der Waals surface area contributed by atoms with Gasteiger partial charge in [0.25, 0.3) is 0 Å². The molecular formula is C21H29N5O5. The Bertz CT molecular complexity index is 880. The van der Waals surface area contributed by atoms with E-state index in [4.69, 9.17) is 13.9 Å². The molecule has 0 radical (unpaired) electrons. The van der Waals surface area contributed by atoms with Crippen LogP contribution in [0.4, 0.5) is 15.6 Å². The molecule has 2 amide bonds. The number of nitrogens with one attached hydrogen (secondary N) is 2. The molecule has 1 saturated heterocycles. The summed E-state index contributed by atoms with van der Waals surface area (Å²) in [4.78, 5) is 26.6. The van der Waals surface area contributed by atoms with Gasteiger partial charge in [-0.1, -0.05) is 35.4 Å². The van der Waals surface area contributed by atoms with Crippen LogP contribution >= 0.6 is 0 Å². The minimum absolute atomic E-state index is 0.164. The molecule has 0 aliphatic carbocycles. The second-order valence-electron chi connectivity index (χ2n) is 8.40. The minimum atomic E-state index is -0.639. The molecule has 1 aromatic heterocycles. The van der Waals surface area contributed by atoms with Gasteiger partial charge in [0.05, 0.1) is 12.1 Å². The first kappa shape index (κ1) is 22.4. The van der Waals surface area contributed by atoms with E-state index < -0.39 is 23.8 Å². The van der Waals surface area contributed by atoms with E-state index in [0.717, 1.165) is 5.56 Å². The molecule has 2 heterocycles. The third kappa shape index (κ3) is 6.87. The number of carbonyl (C=O) groups is 2. The van der Waals surface area contributed by atoms with Crippen molar-refractivity contribution < 1.29 is 23.5 Å². The van der Waals surface area contributed by atoms with Crippen LogP contribution in [0.1, 0.15) is 38.6 Å². The number of nitrogens with zero attached hydrogens (tertiary/aromatic N) is 3. The van der Waals surface area contributed by atoms with E-state index in [0.29, 0.717) is 31.4 Å². The van der Waals surface area contributed by atoms with Gasteiger partial charge in [-0.15, -0.1) is 5.10 Å². The maximum atomic E-state index is 12.4. The van der Waals surface area contributed by atoms with E-state index in [2.05, 4.69) is 20.8 Å². The molecule has 1 aliphatic rings. The summed E-state index contributed by atoms with van der Waals surface area (Å²) in [7, 11) is 0. The molecule has 1 fully saturated rings. The number of carbonyl (C=O) groups excluding carboxylic acids is 2. The predicted octanol–water partition coefficient (Wildman–Crippen LogP) is 2.78. The number of aryl methyl sites for hydroxylation is 1. The van der Waals surface area contributed by atoms with Crippen molar-refractivity contribution in [3.8, 4) is 0 Å². The summed E-state index contributed by atoms with van der Waals surface area (Å²) in [6.07, 6.45) is -0.570. The molecule has 10 heteroatoms. The van der Waals surface area contributed by atoms with Crippen molar-refractivity contribution in [2.24, 2.45) is 0 Å². The average Bonchev–Trinajstić information content (AvgIpc) is 3.13. The topological polar surface area (TPSA) is 119 Å². The van der Waals surface area contributed by atoms with Crippen LogP contribution in [0.5, 0.6) is 0 Å². The number of ether oxygens (including phenoxy) is 2. The van der Waals surface area contributed by atoms with Gasteiger partial charge in [-0.2, -0.15) is 0 Å². The molecule has 2 atom stereocenters. The van der Waals surface area contributed by atoms with Crippen LogP contribution in [0.25, 0.3) is 0 Å². The molecule has 3 rings (SSSR count). The van der Waals surface area contributed by atoms with Crippen LogP contribution in [0.2, 0.25) is 0 Å². The number of hydrogen-bond acceptors (Lipinski definition) is 8. The standard InChI is InChI=1S/C21H29N5O5/c1-14-24-25-18(30-14)26-11-10-16(17(12-26)23-20(28)31-21(2,3)4)22-19(27)29-13-15-8-6-5-7-9-15/h5-9,16-17H,10-13H2,1-4H3,(H,22,27)(H,23,28)/t16-,17+/m0/s1. The normalized spacial score (nSPS) is 18.9. The number of alkyl carbamates (subject to hydrolysis) is 2. The molecular weight excluding hydrogens is 402 g/mol. The first-order chi connectivity index (χ1) is 14.7. The van der Waals surface area contributed by atoms with Crippen molar-refractivity contribution in [1.29, 1.82) is 0 Å². The molecule has 2 N–H and O–H groups in total. The van der Waals surface area contributed by atoms with E-state index in [-0.39, 0.29) is 12.6 Å². The fraction of sp³-hybridized carbons (Fsp3) is 0.524. The van der Waals surface area contributed by atoms with E-state index in [9.17, 15) is 9.59 Å². The largest absolute Gasteiger partial charge is 0.445 e. The van der Waals surface area contributed by atoms with E-state index in [1.165, 1.54) is 0 Å². The van der Waals surface area contributed by atoms with Gasteiger partial charge in [-0.25, -0.2) is 9.59 Å². The maximum absolute atomic E-state index is 12.4. The van der Waals surface area contributed by atoms with Crippen LogP contribution in [0.15, 0.2) is 34.7 Å². The van der Waals surface area contributed by atoms with Gasteiger partial charge in [0, 0.05) is 20.0 Å². The monoisotopic (exact) mass is 431 g/mol. The third-order valence-electron chi connectivity index (χ3n) is 4.62. The summed E-state index contributed by atoms with van der Waals surface area (Å²) < 4.78 is 16.2. The Balaban J connectivity index is 1.63. The van der Waals surface area contributed by atoms with Gasteiger partial charge in [0.1, 0.15) is 12.2 Å². The maximum Gasteiger partial charge on any atom is 0.408 e. The molecule has 0 unspecified atom stereocenters. The van der Waals surface area contributed by atoms with Crippen LogP contribution in [-0.4, -0.2) is 53.2 Å². The number of hydrogen-bond donors (Lipinski definition) is 2. The Hall–Kier alpha value is -3.30. The highest BCUT2D eigenvalue weighted by molar-refractivity contribution is 5.70. The highest BCUT2D eigenvalue weighted by atomic mass is 16.6. The molecule has 0 bridgehead atoms. The first-order valence-corrected chi connectivity index (χ1v) is 10.2. The number of piperidine rings is 1. The Labute approximate surface area is 181 Å². The van der Waals surface area contributed by atoms with Crippen LogP contribution in [0.3, 0.4) is 0 Å². The lowest BCUT2D eigenvalue weighted by Crippen LogP contribution is -2.61. The Morgan fingerprint density at radius 3 is 2.48 bits per heavy atom. The van der Waals surface area contributed by atoms with Crippen molar-refractivity contribution in [2.45, 2.75) is 58.4 Å². The summed E-state index contributed by atoms with van der Waals surface area (Å²) in [6.45, 7) is 8.18. The quantitative estimate of drug-likeness (QED) is 0.742. The lowest BCUT2D eigenvalue weighted by Gasteiger charge is -2.38. The molecule has 31 heavy (non-hydrogen) atoms. The second kappa shape index (κ2) is 9.67. The number of amides is 2. The number of aromatic nitrogens is 2. The summed E-state index contributed by atoms with van der Waals surface area (Å²) >= 11 is 0. The van der Waals surface area contributed by atoms with Crippen LogP contribution < -0.4 is 15.5 Å². The SMILES string of the molecule is Cc1nnc(N2CC[C@H](NC(=O)OCc3ccccc3)[C@H](NC(=O)OC(C)(C)C)C2)o1. The van der Waals surface area contributed by atoms with Gasteiger partial charge in [-0.05, 0) is 32.8 Å². The van der Waals surface area contributed by atoms with E-state index in [1.807, 2.05) is 35.2 Å². The predicted molar refractivity (Wildman–Crippen MR) is 113 cm³/mol. The second-order valence-corrected chi connectivity index (χ2v) is 8.40. The van der Waals surface area contributed by atoms with Gasteiger partial charge in [0.15, 0.2) is 0 Å². The molecule has 1 aliphatic heterocycles. The van der Waals surface area contributed by atoms with Crippen LogP contribution in [0, 0.1) is 6.92 Å². The van der Waals surface area contributed by atoms with Gasteiger partial charge < -0.3 is 29.4 Å². The number of benzene rings is 1. The van der Waals surface area contributed by atoms with Gasteiger partial charge in [-0.3, -0.25) is 0 Å². The van der Waals surface area contributed by atoms with E-state index >= 15 is 0 Å². The smallest absolute Gasteiger partial charge is 0.408 e.